The number of benzene rings is 3. The van der Waals surface area contributed by atoms with Gasteiger partial charge in [-0.05, 0) is 69.5 Å². The summed E-state index contributed by atoms with van der Waals surface area (Å²) in [6, 6.07) is 19.8. The van der Waals surface area contributed by atoms with Gasteiger partial charge in [-0.1, -0.05) is 77.3 Å². The van der Waals surface area contributed by atoms with Gasteiger partial charge in [0.2, 0.25) is 5.91 Å². The van der Waals surface area contributed by atoms with E-state index in [1.54, 1.807) is 23.1 Å². The molecule has 0 aliphatic heterocycles. The second kappa shape index (κ2) is 12.5. The molecule has 0 aliphatic carbocycles. The van der Waals surface area contributed by atoms with Gasteiger partial charge in [0.05, 0.1) is 0 Å². The van der Waals surface area contributed by atoms with Crippen LogP contribution in [0.1, 0.15) is 43.0 Å². The number of ether oxygens (including phenoxy) is 1. The molecule has 0 spiro atoms. The Morgan fingerprint density at radius 3 is 2.30 bits per heavy atom. The summed E-state index contributed by atoms with van der Waals surface area (Å²) in [5, 5.41) is 3.97. The molecule has 3 aromatic carbocycles. The second-order valence-electron chi connectivity index (χ2n) is 10.3. The van der Waals surface area contributed by atoms with Crippen LogP contribution in [0.15, 0.2) is 66.7 Å². The van der Waals surface area contributed by atoms with E-state index in [2.05, 4.69) is 5.32 Å². The summed E-state index contributed by atoms with van der Waals surface area (Å²) in [6.45, 7) is 9.58. The predicted octanol–water partition coefficient (Wildman–Crippen LogP) is 6.54. The highest BCUT2D eigenvalue weighted by Crippen LogP contribution is 2.25. The summed E-state index contributed by atoms with van der Waals surface area (Å²) in [5.74, 6) is 0.0551. The molecule has 0 heterocycles. The van der Waals surface area contributed by atoms with Gasteiger partial charge in [0.1, 0.15) is 11.8 Å². The molecular weight excluding hydrogens is 507 g/mol. The van der Waals surface area contributed by atoms with Crippen molar-refractivity contribution in [1.29, 1.82) is 0 Å². The Morgan fingerprint density at radius 2 is 1.68 bits per heavy atom. The Kier molecular flexibility index (Phi) is 9.63. The number of carbonyl (C=O) groups excluding carboxylic acids is 2. The fraction of sp³-hybridized carbons (Fsp3) is 0.333. The first kappa shape index (κ1) is 28.5. The maximum Gasteiger partial charge on any atom is 0.261 e. The van der Waals surface area contributed by atoms with Crippen molar-refractivity contribution < 1.29 is 14.3 Å². The van der Waals surface area contributed by atoms with Gasteiger partial charge < -0.3 is 15.0 Å². The summed E-state index contributed by atoms with van der Waals surface area (Å²) in [6.07, 6.45) is 0.337. The number of nitrogens with one attached hydrogen (secondary N) is 1. The molecule has 5 nitrogen and oxygen atoms in total. The van der Waals surface area contributed by atoms with Crippen LogP contribution < -0.4 is 10.1 Å². The van der Waals surface area contributed by atoms with Gasteiger partial charge in [0.25, 0.3) is 5.91 Å². The molecule has 1 unspecified atom stereocenters. The predicted molar refractivity (Wildman–Crippen MR) is 150 cm³/mol. The summed E-state index contributed by atoms with van der Waals surface area (Å²) < 4.78 is 5.93. The average molecular weight is 542 g/mol. The van der Waals surface area contributed by atoms with E-state index in [1.165, 1.54) is 0 Å². The maximum absolute atomic E-state index is 13.7. The van der Waals surface area contributed by atoms with Crippen LogP contribution in [0, 0.1) is 13.8 Å². The molecule has 2 amide bonds. The van der Waals surface area contributed by atoms with Crippen molar-refractivity contribution in [3.63, 3.8) is 0 Å². The molecule has 0 bridgehead atoms. The highest BCUT2D eigenvalue weighted by Gasteiger charge is 2.33. The van der Waals surface area contributed by atoms with Crippen molar-refractivity contribution in [2.45, 2.75) is 59.2 Å². The maximum atomic E-state index is 13.7. The van der Waals surface area contributed by atoms with Crippen LogP contribution >= 0.6 is 23.2 Å². The van der Waals surface area contributed by atoms with E-state index in [-0.39, 0.29) is 25.0 Å². The van der Waals surface area contributed by atoms with Crippen LogP contribution in [0.25, 0.3) is 0 Å². The van der Waals surface area contributed by atoms with Crippen LogP contribution in [0.3, 0.4) is 0 Å². The monoisotopic (exact) mass is 540 g/mol. The standard InChI is InChI=1S/C30H34Cl2N2O3/c1-20-11-14-27(21(2)15-20)37-19-28(35)34(18-23-12-13-24(31)17-25(23)32)26(29(36)33-30(3,4)5)16-22-9-7-6-8-10-22/h6-15,17,26H,16,18-19H2,1-5H3,(H,33,36). The normalized spacial score (nSPS) is 12.1. The molecule has 0 aliphatic rings. The minimum absolute atomic E-state index is 0.125. The molecular formula is C30H34Cl2N2O3. The lowest BCUT2D eigenvalue weighted by molar-refractivity contribution is -0.143. The van der Waals surface area contributed by atoms with Crippen LogP contribution in [-0.4, -0.2) is 34.9 Å². The van der Waals surface area contributed by atoms with Crippen LogP contribution in [0.2, 0.25) is 10.0 Å². The number of hydrogen-bond acceptors (Lipinski definition) is 3. The first-order chi connectivity index (χ1) is 17.4. The summed E-state index contributed by atoms with van der Waals surface area (Å²) in [7, 11) is 0. The third-order valence-electron chi connectivity index (χ3n) is 5.81. The van der Waals surface area contributed by atoms with E-state index in [4.69, 9.17) is 27.9 Å². The number of aryl methyl sites for hydroxylation is 2. The lowest BCUT2D eigenvalue weighted by Crippen LogP contribution is -2.55. The first-order valence-electron chi connectivity index (χ1n) is 12.2. The molecule has 0 saturated heterocycles. The number of rotatable bonds is 9. The van der Waals surface area contributed by atoms with Crippen molar-refractivity contribution in [2.75, 3.05) is 6.61 Å². The number of nitrogens with zero attached hydrogens (tertiary/aromatic N) is 1. The zero-order valence-electron chi connectivity index (χ0n) is 22.0. The average Bonchev–Trinajstić information content (AvgIpc) is 2.81. The molecule has 0 fully saturated rings. The minimum atomic E-state index is -0.788. The highest BCUT2D eigenvalue weighted by molar-refractivity contribution is 6.35. The third kappa shape index (κ3) is 8.51. The van der Waals surface area contributed by atoms with Gasteiger partial charge in [-0.15, -0.1) is 0 Å². The minimum Gasteiger partial charge on any atom is -0.483 e. The van der Waals surface area contributed by atoms with E-state index in [1.807, 2.05) is 83.1 Å². The summed E-state index contributed by atoms with van der Waals surface area (Å²) in [4.78, 5) is 28.9. The van der Waals surface area contributed by atoms with Gasteiger partial charge >= 0.3 is 0 Å². The summed E-state index contributed by atoms with van der Waals surface area (Å²) in [5.41, 5.74) is 3.19. The number of hydrogen-bond donors (Lipinski definition) is 1. The van der Waals surface area contributed by atoms with Crippen LogP contribution in [-0.2, 0) is 22.6 Å². The SMILES string of the molecule is Cc1ccc(OCC(=O)N(Cc2ccc(Cl)cc2Cl)C(Cc2ccccc2)C(=O)NC(C)(C)C)c(C)c1. The molecule has 37 heavy (non-hydrogen) atoms. The Bertz CT molecular complexity index is 1240. The Labute approximate surface area is 229 Å². The van der Waals surface area contributed by atoms with E-state index in [0.717, 1.165) is 16.7 Å². The number of carbonyl (C=O) groups is 2. The molecule has 0 radical (unpaired) electrons. The van der Waals surface area contributed by atoms with Crippen LogP contribution in [0.5, 0.6) is 5.75 Å². The van der Waals surface area contributed by atoms with Crippen molar-refractivity contribution in [3.05, 3.63) is 99.0 Å². The van der Waals surface area contributed by atoms with Crippen molar-refractivity contribution in [2.24, 2.45) is 0 Å². The molecule has 3 rings (SSSR count). The molecule has 3 aromatic rings. The molecule has 0 saturated carbocycles. The number of halogens is 2. The third-order valence-corrected chi connectivity index (χ3v) is 6.39. The fourth-order valence-corrected chi connectivity index (χ4v) is 4.49. The summed E-state index contributed by atoms with van der Waals surface area (Å²) >= 11 is 12.6. The fourth-order valence-electron chi connectivity index (χ4n) is 4.02. The molecule has 7 heteroatoms. The van der Waals surface area contributed by atoms with E-state index in [0.29, 0.717) is 27.8 Å². The van der Waals surface area contributed by atoms with Crippen LogP contribution in [0.4, 0.5) is 0 Å². The van der Waals surface area contributed by atoms with E-state index < -0.39 is 11.6 Å². The van der Waals surface area contributed by atoms with Gasteiger partial charge in [0.15, 0.2) is 6.61 Å². The Morgan fingerprint density at radius 1 is 0.973 bits per heavy atom. The van der Waals surface area contributed by atoms with Gasteiger partial charge in [-0.3, -0.25) is 9.59 Å². The van der Waals surface area contributed by atoms with E-state index >= 15 is 0 Å². The number of amides is 2. The largest absolute Gasteiger partial charge is 0.483 e. The zero-order chi connectivity index (χ0) is 27.2. The molecule has 1 N–H and O–H groups in total. The Hall–Kier alpha value is -3.02. The van der Waals surface area contributed by atoms with Gasteiger partial charge in [0, 0.05) is 28.5 Å². The molecule has 1 atom stereocenters. The highest BCUT2D eigenvalue weighted by atomic mass is 35.5. The Balaban J connectivity index is 1.97. The van der Waals surface area contributed by atoms with Crippen molar-refractivity contribution >= 4 is 35.0 Å². The van der Waals surface area contributed by atoms with E-state index in [9.17, 15) is 9.59 Å². The quantitative estimate of drug-likeness (QED) is 0.335. The second-order valence-corrected chi connectivity index (χ2v) is 11.1. The van der Waals surface area contributed by atoms with Crippen molar-refractivity contribution in [1.82, 2.24) is 10.2 Å². The van der Waals surface area contributed by atoms with Gasteiger partial charge in [-0.2, -0.15) is 0 Å². The molecule has 196 valence electrons. The lowest BCUT2D eigenvalue weighted by atomic mass is 10.0. The van der Waals surface area contributed by atoms with Crippen molar-refractivity contribution in [3.8, 4) is 5.75 Å². The smallest absolute Gasteiger partial charge is 0.261 e. The van der Waals surface area contributed by atoms with Gasteiger partial charge in [-0.25, -0.2) is 0 Å². The topological polar surface area (TPSA) is 58.6 Å². The lowest BCUT2D eigenvalue weighted by Gasteiger charge is -2.34. The zero-order valence-corrected chi connectivity index (χ0v) is 23.5. The first-order valence-corrected chi connectivity index (χ1v) is 13.0. The molecule has 0 aromatic heterocycles.